The van der Waals surface area contributed by atoms with Crippen LogP contribution >= 0.6 is 11.3 Å². The highest BCUT2D eigenvalue weighted by atomic mass is 32.1. The molecule has 1 aromatic carbocycles. The number of hydrogen-bond acceptors (Lipinski definition) is 6. The summed E-state index contributed by atoms with van der Waals surface area (Å²) in [5.74, 6) is -0.845. The van der Waals surface area contributed by atoms with Gasteiger partial charge in [-0.1, -0.05) is 30.3 Å². The minimum absolute atomic E-state index is 0.146. The van der Waals surface area contributed by atoms with Crippen LogP contribution in [0.3, 0.4) is 0 Å². The molecule has 0 spiro atoms. The van der Waals surface area contributed by atoms with E-state index in [9.17, 15) is 9.90 Å². The van der Waals surface area contributed by atoms with Gasteiger partial charge in [-0.2, -0.15) is 0 Å². The van der Waals surface area contributed by atoms with Crippen molar-refractivity contribution in [2.75, 3.05) is 13.1 Å². The van der Waals surface area contributed by atoms with Crippen molar-refractivity contribution in [3.63, 3.8) is 0 Å². The third kappa shape index (κ3) is 2.90. The quantitative estimate of drug-likeness (QED) is 0.821. The zero-order valence-electron chi connectivity index (χ0n) is 12.1. The van der Waals surface area contributed by atoms with Crippen molar-refractivity contribution in [1.82, 2.24) is 10.3 Å². The minimum atomic E-state index is -1.67. The monoisotopic (exact) mass is 318 g/mol. The molecule has 1 saturated heterocycles. The maximum atomic E-state index is 12.6. The molecule has 1 fully saturated rings. The van der Waals surface area contributed by atoms with Crippen molar-refractivity contribution in [1.29, 1.82) is 0 Å². The van der Waals surface area contributed by atoms with E-state index in [0.29, 0.717) is 11.6 Å². The first-order valence-electron chi connectivity index (χ1n) is 7.25. The Labute approximate surface area is 133 Å². The van der Waals surface area contributed by atoms with E-state index in [-0.39, 0.29) is 12.5 Å². The van der Waals surface area contributed by atoms with Crippen LogP contribution in [0.1, 0.15) is 17.0 Å². The lowest BCUT2D eigenvalue weighted by molar-refractivity contribution is -0.174. The fourth-order valence-corrected chi connectivity index (χ4v) is 3.49. The molecular formula is C16H18N2O3S. The number of carbonyl (C=O) groups excluding carboxylic acids is 1. The number of aliphatic hydroxyl groups is 1. The largest absolute Gasteiger partial charge is 0.458 e. The summed E-state index contributed by atoms with van der Waals surface area (Å²) in [4.78, 5) is 16.7. The second-order valence-corrected chi connectivity index (χ2v) is 6.25. The average Bonchev–Trinajstić information content (AvgIpc) is 3.25. The molecule has 22 heavy (non-hydrogen) atoms. The van der Waals surface area contributed by atoms with Crippen molar-refractivity contribution in [3.8, 4) is 0 Å². The van der Waals surface area contributed by atoms with Crippen molar-refractivity contribution in [2.45, 2.75) is 18.6 Å². The molecule has 2 heterocycles. The third-order valence-corrected chi connectivity index (χ3v) is 4.83. The van der Waals surface area contributed by atoms with Gasteiger partial charge in [0.1, 0.15) is 11.6 Å². The fourth-order valence-electron chi connectivity index (χ4n) is 2.68. The zero-order chi connectivity index (χ0) is 15.4. The van der Waals surface area contributed by atoms with Gasteiger partial charge in [-0.25, -0.2) is 9.78 Å². The lowest BCUT2D eigenvalue weighted by Crippen LogP contribution is -2.45. The number of nitrogens with zero attached hydrogens (tertiary/aromatic N) is 1. The van der Waals surface area contributed by atoms with Crippen LogP contribution in [0.4, 0.5) is 0 Å². The Kier molecular flexibility index (Phi) is 4.52. The molecule has 1 aliphatic heterocycles. The molecule has 6 heteroatoms. The Balaban J connectivity index is 1.78. The van der Waals surface area contributed by atoms with E-state index < -0.39 is 11.6 Å². The van der Waals surface area contributed by atoms with E-state index in [0.717, 1.165) is 18.5 Å². The number of nitrogens with one attached hydrogen (secondary N) is 1. The number of ether oxygens (including phenoxy) is 1. The normalized spacial score (nSPS) is 20.5. The molecule has 2 unspecified atom stereocenters. The van der Waals surface area contributed by atoms with Crippen LogP contribution in [0.2, 0.25) is 0 Å². The van der Waals surface area contributed by atoms with Crippen molar-refractivity contribution < 1.29 is 14.6 Å². The second-order valence-electron chi connectivity index (χ2n) is 5.36. The van der Waals surface area contributed by atoms with E-state index in [1.54, 1.807) is 11.6 Å². The van der Waals surface area contributed by atoms with Crippen LogP contribution in [0, 0.1) is 5.92 Å². The number of esters is 1. The minimum Gasteiger partial charge on any atom is -0.458 e. The summed E-state index contributed by atoms with van der Waals surface area (Å²) in [7, 11) is 0. The smallest absolute Gasteiger partial charge is 0.346 e. The first-order chi connectivity index (χ1) is 10.7. The average molecular weight is 318 g/mol. The summed E-state index contributed by atoms with van der Waals surface area (Å²) in [6.07, 6.45) is 2.31. The Morgan fingerprint density at radius 3 is 2.91 bits per heavy atom. The molecule has 2 N–H and O–H groups in total. The number of aromatic nitrogens is 1. The van der Waals surface area contributed by atoms with Crippen LogP contribution in [0.25, 0.3) is 0 Å². The molecule has 2 atom stereocenters. The van der Waals surface area contributed by atoms with E-state index in [1.165, 1.54) is 11.3 Å². The first kappa shape index (κ1) is 15.1. The number of hydrogen-bond donors (Lipinski definition) is 2. The SMILES string of the molecule is O=C(OCc1ccccc1)C(O)(c1nccs1)C1CCNC1. The summed E-state index contributed by atoms with van der Waals surface area (Å²) in [5, 5.41) is 16.4. The topological polar surface area (TPSA) is 71.5 Å². The summed E-state index contributed by atoms with van der Waals surface area (Å²) in [5.41, 5.74) is -0.784. The van der Waals surface area contributed by atoms with Crippen LogP contribution in [-0.2, 0) is 21.7 Å². The highest BCUT2D eigenvalue weighted by Gasteiger charge is 2.50. The third-order valence-electron chi connectivity index (χ3n) is 3.93. The van der Waals surface area contributed by atoms with Gasteiger partial charge < -0.3 is 15.2 Å². The molecule has 0 bridgehead atoms. The number of carbonyl (C=O) groups is 1. The molecule has 5 nitrogen and oxygen atoms in total. The number of benzene rings is 1. The summed E-state index contributed by atoms with van der Waals surface area (Å²) < 4.78 is 5.38. The number of thiazole rings is 1. The molecule has 0 saturated carbocycles. The highest BCUT2D eigenvalue weighted by Crippen LogP contribution is 2.36. The van der Waals surface area contributed by atoms with Gasteiger partial charge in [0.25, 0.3) is 0 Å². The van der Waals surface area contributed by atoms with Gasteiger partial charge in [-0.05, 0) is 18.5 Å². The molecular weight excluding hydrogens is 300 g/mol. The van der Waals surface area contributed by atoms with E-state index in [4.69, 9.17) is 4.74 Å². The van der Waals surface area contributed by atoms with Crippen molar-refractivity contribution in [2.24, 2.45) is 5.92 Å². The Morgan fingerprint density at radius 1 is 1.45 bits per heavy atom. The highest BCUT2D eigenvalue weighted by molar-refractivity contribution is 7.09. The van der Waals surface area contributed by atoms with Crippen LogP contribution < -0.4 is 5.32 Å². The molecule has 3 rings (SSSR count). The van der Waals surface area contributed by atoms with Gasteiger partial charge in [0.15, 0.2) is 0 Å². The maximum Gasteiger partial charge on any atom is 0.346 e. The van der Waals surface area contributed by atoms with Gasteiger partial charge in [0.05, 0.1) is 0 Å². The summed E-state index contributed by atoms with van der Waals surface area (Å²) in [6.45, 7) is 1.51. The van der Waals surface area contributed by atoms with Gasteiger partial charge in [-0.15, -0.1) is 11.3 Å². The van der Waals surface area contributed by atoms with Crippen LogP contribution in [0.15, 0.2) is 41.9 Å². The van der Waals surface area contributed by atoms with Crippen molar-refractivity contribution >= 4 is 17.3 Å². The number of rotatable bonds is 5. The van der Waals surface area contributed by atoms with Crippen molar-refractivity contribution in [3.05, 3.63) is 52.5 Å². The van der Waals surface area contributed by atoms with Gasteiger partial charge >= 0.3 is 5.97 Å². The van der Waals surface area contributed by atoms with E-state index in [2.05, 4.69) is 10.3 Å². The van der Waals surface area contributed by atoms with E-state index >= 15 is 0 Å². The van der Waals surface area contributed by atoms with Crippen LogP contribution in [-0.4, -0.2) is 29.1 Å². The van der Waals surface area contributed by atoms with Crippen LogP contribution in [0.5, 0.6) is 0 Å². The molecule has 1 aromatic heterocycles. The lowest BCUT2D eigenvalue weighted by atomic mass is 9.87. The lowest BCUT2D eigenvalue weighted by Gasteiger charge is -2.29. The van der Waals surface area contributed by atoms with Gasteiger partial charge in [0, 0.05) is 24.0 Å². The second kappa shape index (κ2) is 6.56. The fraction of sp³-hybridized carbons (Fsp3) is 0.375. The summed E-state index contributed by atoms with van der Waals surface area (Å²) in [6, 6.07) is 9.44. The van der Waals surface area contributed by atoms with E-state index in [1.807, 2.05) is 30.3 Å². The predicted molar refractivity (Wildman–Crippen MR) is 83.2 cm³/mol. The molecule has 0 radical (unpaired) electrons. The molecule has 0 amide bonds. The van der Waals surface area contributed by atoms with Gasteiger partial charge in [-0.3, -0.25) is 0 Å². The van der Waals surface area contributed by atoms with Gasteiger partial charge in [0.2, 0.25) is 5.60 Å². The predicted octanol–water partition coefficient (Wildman–Crippen LogP) is 1.68. The Bertz CT molecular complexity index is 612. The zero-order valence-corrected chi connectivity index (χ0v) is 12.9. The Hall–Kier alpha value is -1.76. The molecule has 2 aromatic rings. The molecule has 0 aliphatic carbocycles. The first-order valence-corrected chi connectivity index (χ1v) is 8.13. The maximum absolute atomic E-state index is 12.6. The Morgan fingerprint density at radius 2 is 2.27 bits per heavy atom. The molecule has 1 aliphatic rings. The summed E-state index contributed by atoms with van der Waals surface area (Å²) >= 11 is 1.28. The standard InChI is InChI=1S/C16H18N2O3S/c19-15(21-11-12-4-2-1-3-5-12)16(20,13-6-7-17-10-13)14-18-8-9-22-14/h1-5,8-9,13,17,20H,6-7,10-11H2. The molecule has 116 valence electrons.